The molecule has 0 saturated carbocycles. The third-order valence-electron chi connectivity index (χ3n) is 3.29. The standard InChI is InChI=1S/C15H13F3N4O/c16-15(17,18)11-7-9(1-2-12(11)23-6-4-19)13-10-3-5-20-14(10)22-8-21-13/h1-3,5,7-8H,4,6,19H2,(H,20,21,22). The monoisotopic (exact) mass is 322 g/mol. The van der Waals surface area contributed by atoms with E-state index in [0.717, 1.165) is 6.07 Å². The number of benzene rings is 1. The van der Waals surface area contributed by atoms with E-state index in [-0.39, 0.29) is 18.9 Å². The zero-order valence-corrected chi connectivity index (χ0v) is 11.9. The van der Waals surface area contributed by atoms with Crippen molar-refractivity contribution in [2.24, 2.45) is 5.73 Å². The van der Waals surface area contributed by atoms with E-state index >= 15 is 0 Å². The number of ether oxygens (including phenoxy) is 1. The van der Waals surface area contributed by atoms with Crippen LogP contribution in [0.15, 0.2) is 36.8 Å². The summed E-state index contributed by atoms with van der Waals surface area (Å²) in [6, 6.07) is 5.57. The Bertz CT molecular complexity index is 829. The van der Waals surface area contributed by atoms with Gasteiger partial charge in [0.15, 0.2) is 0 Å². The van der Waals surface area contributed by atoms with E-state index in [1.165, 1.54) is 18.5 Å². The largest absolute Gasteiger partial charge is 0.492 e. The number of fused-ring (bicyclic) bond motifs is 1. The van der Waals surface area contributed by atoms with Crippen molar-refractivity contribution >= 4 is 11.0 Å². The van der Waals surface area contributed by atoms with E-state index in [1.807, 2.05) is 0 Å². The van der Waals surface area contributed by atoms with Gasteiger partial charge in [-0.3, -0.25) is 0 Å². The predicted molar refractivity (Wildman–Crippen MR) is 78.9 cm³/mol. The molecule has 0 spiro atoms. The molecule has 0 aliphatic carbocycles. The number of hydrogen-bond acceptors (Lipinski definition) is 4. The van der Waals surface area contributed by atoms with Crippen LogP contribution in [0.3, 0.4) is 0 Å². The first-order chi connectivity index (χ1) is 11.0. The number of rotatable bonds is 4. The molecule has 3 aromatic rings. The van der Waals surface area contributed by atoms with Gasteiger partial charge in [-0.1, -0.05) is 0 Å². The quantitative estimate of drug-likeness (QED) is 0.774. The predicted octanol–water partition coefficient (Wildman–Crippen LogP) is 2.98. The van der Waals surface area contributed by atoms with Gasteiger partial charge < -0.3 is 15.5 Å². The highest BCUT2D eigenvalue weighted by Crippen LogP contribution is 2.39. The smallest absolute Gasteiger partial charge is 0.419 e. The van der Waals surface area contributed by atoms with Crippen LogP contribution in [-0.4, -0.2) is 28.1 Å². The summed E-state index contributed by atoms with van der Waals surface area (Å²) >= 11 is 0. The SMILES string of the molecule is NCCOc1ccc(-c2ncnc3[nH]ccc23)cc1C(F)(F)F. The van der Waals surface area contributed by atoms with Gasteiger partial charge in [0.2, 0.25) is 0 Å². The Hall–Kier alpha value is -2.61. The van der Waals surface area contributed by atoms with Crippen molar-refractivity contribution in [1.82, 2.24) is 15.0 Å². The summed E-state index contributed by atoms with van der Waals surface area (Å²) < 4.78 is 44.9. The summed E-state index contributed by atoms with van der Waals surface area (Å²) in [6.45, 7) is 0.146. The number of aromatic amines is 1. The molecule has 0 radical (unpaired) electrons. The van der Waals surface area contributed by atoms with Crippen LogP contribution in [0.2, 0.25) is 0 Å². The molecule has 120 valence electrons. The van der Waals surface area contributed by atoms with Crippen molar-refractivity contribution < 1.29 is 17.9 Å². The van der Waals surface area contributed by atoms with Gasteiger partial charge in [0, 0.05) is 23.7 Å². The molecular formula is C15H13F3N4O. The van der Waals surface area contributed by atoms with Crippen LogP contribution in [-0.2, 0) is 6.18 Å². The Morgan fingerprint density at radius 3 is 2.74 bits per heavy atom. The normalized spacial score (nSPS) is 11.8. The van der Waals surface area contributed by atoms with Crippen LogP contribution in [0.4, 0.5) is 13.2 Å². The second-order valence-electron chi connectivity index (χ2n) is 4.81. The zero-order chi connectivity index (χ0) is 16.4. The fraction of sp³-hybridized carbons (Fsp3) is 0.200. The molecular weight excluding hydrogens is 309 g/mol. The lowest BCUT2D eigenvalue weighted by Gasteiger charge is -2.15. The Morgan fingerprint density at radius 2 is 2.00 bits per heavy atom. The first-order valence-corrected chi connectivity index (χ1v) is 6.83. The van der Waals surface area contributed by atoms with Crippen LogP contribution >= 0.6 is 0 Å². The van der Waals surface area contributed by atoms with E-state index in [9.17, 15) is 13.2 Å². The van der Waals surface area contributed by atoms with Crippen molar-refractivity contribution in [3.63, 3.8) is 0 Å². The molecule has 0 bridgehead atoms. The number of aromatic nitrogens is 3. The highest BCUT2D eigenvalue weighted by molar-refractivity contribution is 5.90. The maximum atomic E-state index is 13.3. The van der Waals surface area contributed by atoms with E-state index in [0.29, 0.717) is 22.3 Å². The van der Waals surface area contributed by atoms with Gasteiger partial charge in [0.1, 0.15) is 24.3 Å². The minimum absolute atomic E-state index is 0.0119. The molecule has 8 heteroatoms. The number of nitrogens with zero attached hydrogens (tertiary/aromatic N) is 2. The lowest BCUT2D eigenvalue weighted by Crippen LogP contribution is -2.14. The minimum Gasteiger partial charge on any atom is -0.492 e. The molecule has 2 heterocycles. The molecule has 5 nitrogen and oxygen atoms in total. The maximum Gasteiger partial charge on any atom is 0.419 e. The van der Waals surface area contributed by atoms with Gasteiger partial charge in [-0.2, -0.15) is 13.2 Å². The van der Waals surface area contributed by atoms with Crippen LogP contribution < -0.4 is 10.5 Å². The minimum atomic E-state index is -4.54. The van der Waals surface area contributed by atoms with E-state index in [1.54, 1.807) is 12.3 Å². The van der Waals surface area contributed by atoms with Gasteiger partial charge in [0.25, 0.3) is 0 Å². The molecule has 0 atom stereocenters. The molecule has 0 aliphatic heterocycles. The topological polar surface area (TPSA) is 76.8 Å². The van der Waals surface area contributed by atoms with E-state index < -0.39 is 11.7 Å². The van der Waals surface area contributed by atoms with Gasteiger partial charge in [-0.25, -0.2) is 9.97 Å². The highest BCUT2D eigenvalue weighted by atomic mass is 19.4. The van der Waals surface area contributed by atoms with Crippen molar-refractivity contribution in [3.8, 4) is 17.0 Å². The molecule has 0 amide bonds. The third kappa shape index (κ3) is 2.98. The second-order valence-corrected chi connectivity index (χ2v) is 4.81. The van der Waals surface area contributed by atoms with Crippen LogP contribution in [0, 0.1) is 0 Å². The second kappa shape index (κ2) is 5.88. The van der Waals surface area contributed by atoms with E-state index in [4.69, 9.17) is 10.5 Å². The summed E-state index contributed by atoms with van der Waals surface area (Å²) in [4.78, 5) is 11.0. The van der Waals surface area contributed by atoms with Gasteiger partial charge >= 0.3 is 6.18 Å². The average molecular weight is 322 g/mol. The maximum absolute atomic E-state index is 13.3. The van der Waals surface area contributed by atoms with Crippen LogP contribution in [0.1, 0.15) is 5.56 Å². The zero-order valence-electron chi connectivity index (χ0n) is 11.9. The number of alkyl halides is 3. The molecule has 0 aliphatic rings. The molecule has 0 unspecified atom stereocenters. The number of nitrogens with one attached hydrogen (secondary N) is 1. The van der Waals surface area contributed by atoms with Crippen LogP contribution in [0.25, 0.3) is 22.3 Å². The van der Waals surface area contributed by atoms with Gasteiger partial charge in [-0.15, -0.1) is 0 Å². The Balaban J connectivity index is 2.12. The van der Waals surface area contributed by atoms with Crippen molar-refractivity contribution in [2.75, 3.05) is 13.2 Å². The fourth-order valence-corrected chi connectivity index (χ4v) is 2.30. The Morgan fingerprint density at radius 1 is 1.17 bits per heavy atom. The number of H-pyrrole nitrogens is 1. The van der Waals surface area contributed by atoms with Gasteiger partial charge in [0.05, 0.1) is 11.3 Å². The first kappa shape index (κ1) is 15.3. The van der Waals surface area contributed by atoms with E-state index in [2.05, 4.69) is 15.0 Å². The number of halogens is 3. The summed E-state index contributed by atoms with van der Waals surface area (Å²) in [7, 11) is 0. The van der Waals surface area contributed by atoms with Crippen molar-refractivity contribution in [3.05, 3.63) is 42.4 Å². The molecule has 3 N–H and O–H groups in total. The Labute approximate surface area is 129 Å². The van der Waals surface area contributed by atoms with Crippen molar-refractivity contribution in [1.29, 1.82) is 0 Å². The van der Waals surface area contributed by atoms with Crippen LogP contribution in [0.5, 0.6) is 5.75 Å². The summed E-state index contributed by atoms with van der Waals surface area (Å²) in [6.07, 6.45) is -1.57. The molecule has 0 fully saturated rings. The number of hydrogen-bond donors (Lipinski definition) is 2. The summed E-state index contributed by atoms with van der Waals surface area (Å²) in [5.41, 5.74) is 5.75. The molecule has 23 heavy (non-hydrogen) atoms. The fourth-order valence-electron chi connectivity index (χ4n) is 2.30. The molecule has 0 saturated heterocycles. The average Bonchev–Trinajstić information content (AvgIpc) is 3.00. The molecule has 1 aromatic carbocycles. The first-order valence-electron chi connectivity index (χ1n) is 6.83. The third-order valence-corrected chi connectivity index (χ3v) is 3.29. The lowest BCUT2D eigenvalue weighted by atomic mass is 10.0. The lowest BCUT2D eigenvalue weighted by molar-refractivity contribution is -0.138. The molecule has 3 rings (SSSR count). The summed E-state index contributed by atoms with van der Waals surface area (Å²) in [5.74, 6) is -0.244. The van der Waals surface area contributed by atoms with Crippen molar-refractivity contribution in [2.45, 2.75) is 6.18 Å². The highest BCUT2D eigenvalue weighted by Gasteiger charge is 2.35. The van der Waals surface area contributed by atoms with Gasteiger partial charge in [-0.05, 0) is 24.3 Å². The Kier molecular flexibility index (Phi) is 3.91. The molecule has 2 aromatic heterocycles. The summed E-state index contributed by atoms with van der Waals surface area (Å²) in [5, 5.41) is 0.649. The number of nitrogens with two attached hydrogens (primary N) is 1.